The molecule has 0 aromatic heterocycles. The Balaban J connectivity index is -0.000000172. The van der Waals surface area contributed by atoms with Crippen molar-refractivity contribution in [1.29, 1.82) is 0 Å². The fourth-order valence-electron chi connectivity index (χ4n) is 4.23. The molecule has 0 fully saturated rings. The Morgan fingerprint density at radius 3 is 0.743 bits per heavy atom. The van der Waals surface area contributed by atoms with Crippen LogP contribution in [0.2, 0.25) is 0 Å². The van der Waals surface area contributed by atoms with Crippen LogP contribution in [0.1, 0.15) is 184 Å². The molecule has 0 saturated carbocycles. The minimum Gasteiger partial charge on any atom is -1.00 e. The summed E-state index contributed by atoms with van der Waals surface area (Å²) in [4.78, 5) is 20.6. The minimum absolute atomic E-state index is 0. The Labute approximate surface area is 251 Å². The molecule has 0 rings (SSSR count). The van der Waals surface area contributed by atoms with Crippen molar-refractivity contribution in [2.45, 2.75) is 181 Å². The van der Waals surface area contributed by atoms with Crippen LogP contribution in [0.5, 0.6) is 0 Å². The van der Waals surface area contributed by atoms with E-state index in [1.165, 1.54) is 128 Å². The van der Waals surface area contributed by atoms with Gasteiger partial charge in [0.1, 0.15) is 0 Å². The van der Waals surface area contributed by atoms with Gasteiger partial charge in [0.05, 0.1) is 0 Å². The zero-order valence-corrected chi connectivity index (χ0v) is 26.0. The van der Waals surface area contributed by atoms with Crippen molar-refractivity contribution in [1.82, 2.24) is 0 Å². The van der Waals surface area contributed by atoms with Gasteiger partial charge in [0.2, 0.25) is 0 Å². The number of hydrogen-bond donors (Lipinski definition) is 2. The van der Waals surface area contributed by atoms with Crippen molar-refractivity contribution in [3.63, 3.8) is 0 Å². The van der Waals surface area contributed by atoms with E-state index in [0.29, 0.717) is 12.8 Å². The first-order valence-electron chi connectivity index (χ1n) is 15.0. The van der Waals surface area contributed by atoms with E-state index in [-0.39, 0.29) is 40.6 Å². The first-order valence-corrected chi connectivity index (χ1v) is 15.0. The van der Waals surface area contributed by atoms with Crippen LogP contribution in [-0.4, -0.2) is 59.9 Å². The number of carboxylic acids is 2. The maximum atomic E-state index is 10.3. The number of carboxylic acid groups (broad SMARTS) is 2. The van der Waals surface area contributed by atoms with Crippen molar-refractivity contribution >= 4 is 49.7 Å². The molecule has 0 atom stereocenters. The van der Waals surface area contributed by atoms with E-state index in [9.17, 15) is 9.59 Å². The summed E-state index contributed by atoms with van der Waals surface area (Å²) in [7, 11) is 0. The zero-order chi connectivity index (χ0) is 25.5. The van der Waals surface area contributed by atoms with Crippen LogP contribution < -0.4 is 0 Å². The van der Waals surface area contributed by atoms with Crippen molar-refractivity contribution < 1.29 is 22.7 Å². The fraction of sp³-hybridized carbons (Fsp3) is 0.933. The predicted molar refractivity (Wildman–Crippen MR) is 155 cm³/mol. The van der Waals surface area contributed by atoms with Gasteiger partial charge in [0.15, 0.2) is 0 Å². The van der Waals surface area contributed by atoms with E-state index in [1.54, 1.807) is 0 Å². The van der Waals surface area contributed by atoms with Gasteiger partial charge in [-0.1, -0.05) is 155 Å². The minimum atomic E-state index is -0.657. The summed E-state index contributed by atoms with van der Waals surface area (Å²) in [6, 6.07) is 0. The fourth-order valence-corrected chi connectivity index (χ4v) is 4.23. The quantitative estimate of drug-likeness (QED) is 0.0868. The third kappa shape index (κ3) is 44.6. The summed E-state index contributed by atoms with van der Waals surface area (Å²) in [5.74, 6) is -1.31. The Kier molecular flexibility index (Phi) is 41.2. The van der Waals surface area contributed by atoms with Crippen LogP contribution in [0, 0.1) is 0 Å². The van der Waals surface area contributed by atoms with E-state index in [2.05, 4.69) is 13.8 Å². The van der Waals surface area contributed by atoms with Gasteiger partial charge in [-0.05, 0) is 12.8 Å². The molecule has 0 aliphatic rings. The van der Waals surface area contributed by atoms with Crippen LogP contribution in [0.15, 0.2) is 0 Å². The number of aliphatic carboxylic acids is 2. The van der Waals surface area contributed by atoms with Crippen LogP contribution in [0.25, 0.3) is 0 Å². The van der Waals surface area contributed by atoms with Gasteiger partial charge in [-0.25, -0.2) is 0 Å². The van der Waals surface area contributed by atoms with E-state index in [0.717, 1.165) is 25.7 Å². The second-order valence-corrected chi connectivity index (χ2v) is 10.1. The molecule has 0 aliphatic heterocycles. The van der Waals surface area contributed by atoms with Crippen molar-refractivity contribution in [3.8, 4) is 0 Å². The smallest absolute Gasteiger partial charge is 1.00 e. The van der Waals surface area contributed by atoms with Crippen LogP contribution in [0.4, 0.5) is 0 Å². The summed E-state index contributed by atoms with van der Waals surface area (Å²) >= 11 is 0. The summed E-state index contributed by atoms with van der Waals surface area (Å²) in [6.07, 6.45) is 31.6. The molecule has 4 nitrogen and oxygen atoms in total. The molecule has 2 N–H and O–H groups in total. The van der Waals surface area contributed by atoms with Gasteiger partial charge in [-0.15, -0.1) is 0 Å². The number of hydrogen-bond acceptors (Lipinski definition) is 2. The van der Waals surface area contributed by atoms with Gasteiger partial charge in [0.25, 0.3) is 0 Å². The molecule has 0 saturated heterocycles. The molecule has 0 aliphatic carbocycles. The zero-order valence-electron chi connectivity index (χ0n) is 25.8. The SMILES string of the molecule is CCCCCCCCCCCCCC(=O)O.CCCCCCCCCCCCCCCC(=O)O.[Ca+2].[H-].[H-]. The van der Waals surface area contributed by atoms with Gasteiger partial charge in [-0.3, -0.25) is 9.59 Å². The molecule has 0 bridgehead atoms. The number of unbranched alkanes of at least 4 members (excludes halogenated alkanes) is 22. The molecular weight excluding hydrogens is 464 g/mol. The van der Waals surface area contributed by atoms with Crippen LogP contribution >= 0.6 is 0 Å². The van der Waals surface area contributed by atoms with Gasteiger partial charge in [-0.2, -0.15) is 0 Å². The van der Waals surface area contributed by atoms with Gasteiger partial charge >= 0.3 is 49.7 Å². The van der Waals surface area contributed by atoms with Crippen LogP contribution in [-0.2, 0) is 9.59 Å². The monoisotopic (exact) mass is 526 g/mol. The summed E-state index contributed by atoms with van der Waals surface area (Å²) < 4.78 is 0. The topological polar surface area (TPSA) is 74.6 Å². The van der Waals surface area contributed by atoms with Crippen molar-refractivity contribution in [3.05, 3.63) is 0 Å². The normalized spacial score (nSPS) is 10.3. The first-order chi connectivity index (χ1) is 16.5. The largest absolute Gasteiger partial charge is 2.00 e. The Morgan fingerprint density at radius 1 is 0.400 bits per heavy atom. The van der Waals surface area contributed by atoms with Crippen molar-refractivity contribution in [2.75, 3.05) is 0 Å². The molecule has 5 heteroatoms. The van der Waals surface area contributed by atoms with Gasteiger partial charge in [0, 0.05) is 12.8 Å². The van der Waals surface area contributed by atoms with E-state index in [4.69, 9.17) is 10.2 Å². The average molecular weight is 527 g/mol. The molecule has 0 aromatic carbocycles. The van der Waals surface area contributed by atoms with Crippen LogP contribution in [0.3, 0.4) is 0 Å². The standard InChI is InChI=1S/C16H32O2.C14H28O2.Ca.2H/c1-2-3-4-5-6-7-8-9-10-11-12-13-14-15-16(17)18;1-2-3-4-5-6-7-8-9-10-11-12-13-14(15)16;;;/h2-15H2,1H3,(H,17,18);2-13H2,1H3,(H,15,16);;;/q;;+2;2*-1. The van der Waals surface area contributed by atoms with Crippen molar-refractivity contribution in [2.24, 2.45) is 0 Å². The Bertz CT molecular complexity index is 426. The molecular formula is C30H62CaO4. The number of carbonyl (C=O) groups is 2. The molecule has 0 heterocycles. The molecule has 0 unspecified atom stereocenters. The molecule has 0 spiro atoms. The Morgan fingerprint density at radius 2 is 0.571 bits per heavy atom. The maximum Gasteiger partial charge on any atom is 2.00 e. The number of rotatable bonds is 26. The average Bonchev–Trinajstić information content (AvgIpc) is 2.80. The molecule has 208 valence electrons. The molecule has 0 aromatic rings. The predicted octanol–water partition coefficient (Wildman–Crippen LogP) is 10.2. The van der Waals surface area contributed by atoms with E-state index < -0.39 is 11.9 Å². The summed E-state index contributed by atoms with van der Waals surface area (Å²) in [5.41, 5.74) is 0. The second kappa shape index (κ2) is 36.4. The summed E-state index contributed by atoms with van der Waals surface area (Å²) in [5, 5.41) is 16.9. The second-order valence-electron chi connectivity index (χ2n) is 10.1. The maximum absolute atomic E-state index is 10.3. The van der Waals surface area contributed by atoms with E-state index >= 15 is 0 Å². The molecule has 0 amide bonds. The summed E-state index contributed by atoms with van der Waals surface area (Å²) in [6.45, 7) is 4.51. The third-order valence-electron chi connectivity index (χ3n) is 6.49. The first kappa shape index (κ1) is 39.7. The Hall–Kier alpha value is 0.200. The van der Waals surface area contributed by atoms with Gasteiger partial charge < -0.3 is 13.1 Å². The third-order valence-corrected chi connectivity index (χ3v) is 6.49. The van der Waals surface area contributed by atoms with E-state index in [1.807, 2.05) is 0 Å². The molecule has 0 radical (unpaired) electrons. The molecule has 35 heavy (non-hydrogen) atoms.